The normalized spacial score (nSPS) is 16.9. The number of hydrogen-bond donors (Lipinski definition) is 1. The van der Waals surface area contributed by atoms with E-state index in [9.17, 15) is 4.79 Å². The third kappa shape index (κ3) is 2.61. The van der Waals surface area contributed by atoms with Crippen molar-refractivity contribution in [1.29, 1.82) is 0 Å². The number of nitrogens with zero attached hydrogens (tertiary/aromatic N) is 1. The first-order valence-electron chi connectivity index (χ1n) is 4.81. The molecule has 1 fully saturated rings. The van der Waals surface area contributed by atoms with Crippen molar-refractivity contribution < 1.29 is 4.79 Å². The van der Waals surface area contributed by atoms with Crippen LogP contribution in [0.3, 0.4) is 0 Å². The molecule has 76 valence electrons. The Morgan fingerprint density at radius 3 is 2.86 bits per heavy atom. The van der Waals surface area contributed by atoms with Gasteiger partial charge in [-0.05, 0) is 12.8 Å². The van der Waals surface area contributed by atoms with Gasteiger partial charge in [-0.25, -0.2) is 0 Å². The maximum absolute atomic E-state index is 11.8. The van der Waals surface area contributed by atoms with Gasteiger partial charge in [-0.3, -0.25) is 4.79 Å². The van der Waals surface area contributed by atoms with Gasteiger partial charge in [-0.15, -0.1) is 18.9 Å². The van der Waals surface area contributed by atoms with E-state index in [-0.39, 0.29) is 5.91 Å². The summed E-state index contributed by atoms with van der Waals surface area (Å²) in [5.74, 6) is 2.36. The highest BCUT2D eigenvalue weighted by Crippen LogP contribution is 2.27. The first-order valence-corrected chi connectivity index (χ1v) is 4.81. The van der Waals surface area contributed by atoms with Crippen LogP contribution in [0, 0.1) is 12.3 Å². The van der Waals surface area contributed by atoms with Crippen LogP contribution in [0.1, 0.15) is 19.3 Å². The molecule has 2 N–H and O–H groups in total. The summed E-state index contributed by atoms with van der Waals surface area (Å²) in [6, 6.07) is -0.190. The van der Waals surface area contributed by atoms with Gasteiger partial charge < -0.3 is 10.6 Å². The van der Waals surface area contributed by atoms with Crippen LogP contribution >= 0.6 is 0 Å². The number of carbonyl (C=O) groups excluding carboxylic acids is 1. The van der Waals surface area contributed by atoms with Crippen LogP contribution in [0.25, 0.3) is 0 Å². The molecule has 0 aliphatic heterocycles. The third-order valence-corrected chi connectivity index (χ3v) is 2.25. The number of hydrogen-bond acceptors (Lipinski definition) is 2. The monoisotopic (exact) mass is 192 g/mol. The van der Waals surface area contributed by atoms with E-state index in [4.69, 9.17) is 12.2 Å². The minimum Gasteiger partial charge on any atom is -0.335 e. The number of terminal acetylenes is 1. The van der Waals surface area contributed by atoms with Crippen molar-refractivity contribution in [3.8, 4) is 12.3 Å². The van der Waals surface area contributed by atoms with Gasteiger partial charge in [-0.2, -0.15) is 0 Å². The molecule has 3 nitrogen and oxygen atoms in total. The van der Waals surface area contributed by atoms with Gasteiger partial charge >= 0.3 is 0 Å². The van der Waals surface area contributed by atoms with Crippen LogP contribution in [-0.4, -0.2) is 29.4 Å². The molecule has 0 bridgehead atoms. The summed E-state index contributed by atoms with van der Waals surface area (Å²) in [7, 11) is 0. The van der Waals surface area contributed by atoms with E-state index in [2.05, 4.69) is 12.5 Å². The number of rotatable bonds is 5. The van der Waals surface area contributed by atoms with Gasteiger partial charge in [0.15, 0.2) is 0 Å². The first-order chi connectivity index (χ1) is 6.70. The SMILES string of the molecule is C#CCC(N)C(=O)N(CC=C)C1CC1. The van der Waals surface area contributed by atoms with E-state index < -0.39 is 6.04 Å². The van der Waals surface area contributed by atoms with Gasteiger partial charge in [0.1, 0.15) is 0 Å². The van der Waals surface area contributed by atoms with Crippen molar-refractivity contribution in [3.05, 3.63) is 12.7 Å². The fourth-order valence-corrected chi connectivity index (χ4v) is 1.37. The molecule has 14 heavy (non-hydrogen) atoms. The van der Waals surface area contributed by atoms with Crippen molar-refractivity contribution >= 4 is 5.91 Å². The van der Waals surface area contributed by atoms with E-state index in [1.165, 1.54) is 0 Å². The highest BCUT2D eigenvalue weighted by atomic mass is 16.2. The van der Waals surface area contributed by atoms with Crippen molar-refractivity contribution in [2.24, 2.45) is 5.73 Å². The summed E-state index contributed by atoms with van der Waals surface area (Å²) in [4.78, 5) is 13.5. The van der Waals surface area contributed by atoms with Crippen LogP contribution in [0.5, 0.6) is 0 Å². The second-order valence-corrected chi connectivity index (χ2v) is 3.53. The molecule has 1 saturated carbocycles. The lowest BCUT2D eigenvalue weighted by atomic mass is 10.2. The summed E-state index contributed by atoms with van der Waals surface area (Å²) < 4.78 is 0. The fourth-order valence-electron chi connectivity index (χ4n) is 1.37. The number of carbonyl (C=O) groups is 1. The lowest BCUT2D eigenvalue weighted by Gasteiger charge is -2.23. The first kappa shape index (κ1) is 10.8. The molecule has 1 aliphatic carbocycles. The summed E-state index contributed by atoms with van der Waals surface area (Å²) in [6.45, 7) is 4.19. The highest BCUT2D eigenvalue weighted by molar-refractivity contribution is 5.82. The Hall–Kier alpha value is -1.27. The van der Waals surface area contributed by atoms with Crippen molar-refractivity contribution in [1.82, 2.24) is 4.90 Å². The molecule has 0 heterocycles. The lowest BCUT2D eigenvalue weighted by Crippen LogP contribution is -2.44. The Kier molecular flexibility index (Phi) is 3.73. The second-order valence-electron chi connectivity index (χ2n) is 3.53. The van der Waals surface area contributed by atoms with Gasteiger partial charge in [0.25, 0.3) is 0 Å². The number of amides is 1. The summed E-state index contributed by atoms with van der Waals surface area (Å²) >= 11 is 0. The van der Waals surface area contributed by atoms with Crippen LogP contribution in [0.4, 0.5) is 0 Å². The average molecular weight is 192 g/mol. The largest absolute Gasteiger partial charge is 0.335 e. The maximum Gasteiger partial charge on any atom is 0.241 e. The molecule has 1 aliphatic rings. The molecule has 0 spiro atoms. The zero-order chi connectivity index (χ0) is 10.6. The van der Waals surface area contributed by atoms with Crippen LogP contribution in [0.15, 0.2) is 12.7 Å². The van der Waals surface area contributed by atoms with E-state index in [1.54, 1.807) is 11.0 Å². The van der Waals surface area contributed by atoms with Crippen LogP contribution in [-0.2, 0) is 4.79 Å². The molecule has 0 radical (unpaired) electrons. The second kappa shape index (κ2) is 4.83. The topological polar surface area (TPSA) is 46.3 Å². The standard InChI is InChI=1S/C11H16N2O/c1-3-5-10(12)11(14)13(8-4-2)9-6-7-9/h1,4,9-10H,2,5-8,12H2. The minimum absolute atomic E-state index is 0.0506. The van der Waals surface area contributed by atoms with E-state index in [0.29, 0.717) is 19.0 Å². The molecule has 0 saturated heterocycles. The molecule has 1 unspecified atom stereocenters. The Morgan fingerprint density at radius 2 is 2.43 bits per heavy atom. The molecule has 1 rings (SSSR count). The molecule has 0 aromatic heterocycles. The Morgan fingerprint density at radius 1 is 1.79 bits per heavy atom. The molecule has 0 aromatic carbocycles. The van der Waals surface area contributed by atoms with Crippen LogP contribution < -0.4 is 5.73 Å². The van der Waals surface area contributed by atoms with Gasteiger partial charge in [0.2, 0.25) is 5.91 Å². The van der Waals surface area contributed by atoms with E-state index >= 15 is 0 Å². The third-order valence-electron chi connectivity index (χ3n) is 2.25. The fraction of sp³-hybridized carbons (Fsp3) is 0.545. The molecule has 1 atom stereocenters. The Bertz CT molecular complexity index is 263. The van der Waals surface area contributed by atoms with Gasteiger partial charge in [-0.1, -0.05) is 6.08 Å². The zero-order valence-corrected chi connectivity index (χ0v) is 8.28. The number of nitrogens with two attached hydrogens (primary N) is 1. The summed E-state index contributed by atoms with van der Waals surface area (Å²) in [5.41, 5.74) is 5.66. The van der Waals surface area contributed by atoms with E-state index in [0.717, 1.165) is 12.8 Å². The average Bonchev–Trinajstić information content (AvgIpc) is 2.97. The predicted octanol–water partition coefficient (Wildman–Crippen LogP) is 0.514. The molecule has 3 heteroatoms. The summed E-state index contributed by atoms with van der Waals surface area (Å²) in [5, 5.41) is 0. The molecular weight excluding hydrogens is 176 g/mol. The molecular formula is C11H16N2O. The summed E-state index contributed by atoms with van der Waals surface area (Å²) in [6.07, 6.45) is 9.28. The lowest BCUT2D eigenvalue weighted by molar-refractivity contribution is -0.132. The highest BCUT2D eigenvalue weighted by Gasteiger charge is 2.33. The Balaban J connectivity index is 2.54. The zero-order valence-electron chi connectivity index (χ0n) is 8.28. The van der Waals surface area contributed by atoms with E-state index in [1.807, 2.05) is 0 Å². The molecule has 0 aromatic rings. The smallest absolute Gasteiger partial charge is 0.241 e. The quantitative estimate of drug-likeness (QED) is 0.509. The van der Waals surface area contributed by atoms with Crippen LogP contribution in [0.2, 0.25) is 0 Å². The molecule has 1 amide bonds. The van der Waals surface area contributed by atoms with Crippen molar-refractivity contribution in [3.63, 3.8) is 0 Å². The van der Waals surface area contributed by atoms with Gasteiger partial charge in [0, 0.05) is 19.0 Å². The maximum atomic E-state index is 11.8. The Labute approximate surface area is 85.0 Å². The van der Waals surface area contributed by atoms with Gasteiger partial charge in [0.05, 0.1) is 6.04 Å². The van der Waals surface area contributed by atoms with Crippen molar-refractivity contribution in [2.45, 2.75) is 31.3 Å². The van der Waals surface area contributed by atoms with Crippen molar-refractivity contribution in [2.75, 3.05) is 6.54 Å². The minimum atomic E-state index is -0.555. The predicted molar refractivity (Wildman–Crippen MR) is 56.4 cm³/mol.